The van der Waals surface area contributed by atoms with Crippen molar-refractivity contribution >= 4 is 17.4 Å². The first-order valence-corrected chi connectivity index (χ1v) is 6.82. The van der Waals surface area contributed by atoms with E-state index in [-0.39, 0.29) is 18.6 Å². The molecule has 2 aromatic rings. The molecular weight excluding hydrogens is 274 g/mol. The number of rotatable bonds is 3. The molecule has 0 spiro atoms. The first-order valence-electron chi connectivity index (χ1n) is 5.98. The first-order chi connectivity index (χ1) is 9.70. The molecule has 0 aliphatic carbocycles. The topological polar surface area (TPSA) is 75.1 Å². The van der Waals surface area contributed by atoms with Gasteiger partial charge in [-0.15, -0.1) is 5.10 Å². The molecule has 6 heteroatoms. The summed E-state index contributed by atoms with van der Waals surface area (Å²) in [7, 11) is 0. The van der Waals surface area contributed by atoms with E-state index in [1.807, 2.05) is 31.2 Å². The molecule has 0 radical (unpaired) electrons. The van der Waals surface area contributed by atoms with E-state index >= 15 is 0 Å². The van der Waals surface area contributed by atoms with Gasteiger partial charge in [0.1, 0.15) is 6.61 Å². The Bertz CT molecular complexity index is 644. The van der Waals surface area contributed by atoms with Gasteiger partial charge in [0, 0.05) is 10.9 Å². The van der Waals surface area contributed by atoms with Crippen LogP contribution in [0, 0.1) is 11.8 Å². The van der Waals surface area contributed by atoms with Gasteiger partial charge in [-0.3, -0.25) is 4.79 Å². The summed E-state index contributed by atoms with van der Waals surface area (Å²) in [6.07, 6.45) is 0. The van der Waals surface area contributed by atoms with Crippen molar-refractivity contribution in [1.82, 2.24) is 14.9 Å². The standard InChI is InChI=1S/C14H13N3O2S/c1-10(15-14(19)13-9-20-17-16-13)12-6-2-4-11(8-12)5-3-7-18/h2,4,6,8-10,18H,7H2,1H3,(H,15,19). The monoisotopic (exact) mass is 287 g/mol. The number of carbonyl (C=O) groups is 1. The highest BCUT2D eigenvalue weighted by molar-refractivity contribution is 7.03. The quantitative estimate of drug-likeness (QED) is 0.836. The van der Waals surface area contributed by atoms with Crippen LogP contribution in [-0.4, -0.2) is 27.2 Å². The lowest BCUT2D eigenvalue weighted by molar-refractivity contribution is 0.0935. The number of amides is 1. The number of nitrogens with zero attached hydrogens (tertiary/aromatic N) is 2. The van der Waals surface area contributed by atoms with Gasteiger partial charge in [-0.25, -0.2) is 0 Å². The third-order valence-electron chi connectivity index (χ3n) is 2.64. The van der Waals surface area contributed by atoms with Gasteiger partial charge < -0.3 is 10.4 Å². The number of hydrogen-bond donors (Lipinski definition) is 2. The summed E-state index contributed by atoms with van der Waals surface area (Å²) in [6, 6.07) is 7.34. The fourth-order valence-electron chi connectivity index (χ4n) is 1.64. The fraction of sp³-hybridized carbons (Fsp3) is 0.214. The molecule has 0 aliphatic rings. The van der Waals surface area contributed by atoms with Crippen molar-refractivity contribution in [1.29, 1.82) is 0 Å². The van der Waals surface area contributed by atoms with Crippen LogP contribution in [0.3, 0.4) is 0 Å². The molecule has 0 aliphatic heterocycles. The number of nitrogens with one attached hydrogen (secondary N) is 1. The van der Waals surface area contributed by atoms with Crippen LogP contribution in [-0.2, 0) is 0 Å². The van der Waals surface area contributed by atoms with Crippen molar-refractivity contribution in [3.63, 3.8) is 0 Å². The normalized spacial score (nSPS) is 11.3. The predicted octanol–water partition coefficient (Wildman–Crippen LogP) is 1.37. The van der Waals surface area contributed by atoms with Crippen LogP contribution in [0.25, 0.3) is 0 Å². The molecule has 1 unspecified atom stereocenters. The van der Waals surface area contributed by atoms with Gasteiger partial charge in [-0.1, -0.05) is 28.5 Å². The summed E-state index contributed by atoms with van der Waals surface area (Å²) >= 11 is 1.14. The maximum absolute atomic E-state index is 11.9. The Hall–Kier alpha value is -2.23. The minimum atomic E-state index is -0.252. The second-order valence-corrected chi connectivity index (χ2v) is 4.68. The number of carbonyl (C=O) groups excluding carboxylic acids is 1. The van der Waals surface area contributed by atoms with Gasteiger partial charge >= 0.3 is 0 Å². The van der Waals surface area contributed by atoms with Crippen LogP contribution >= 0.6 is 11.5 Å². The summed E-state index contributed by atoms with van der Waals surface area (Å²) in [6.45, 7) is 1.71. The van der Waals surface area contributed by atoms with Crippen molar-refractivity contribution in [3.8, 4) is 11.8 Å². The molecule has 5 nitrogen and oxygen atoms in total. The van der Waals surface area contributed by atoms with E-state index in [4.69, 9.17) is 5.11 Å². The van der Waals surface area contributed by atoms with Gasteiger partial charge in [0.15, 0.2) is 5.69 Å². The van der Waals surface area contributed by atoms with E-state index in [0.29, 0.717) is 5.69 Å². The molecule has 1 amide bonds. The number of aliphatic hydroxyl groups excluding tert-OH is 1. The summed E-state index contributed by atoms with van der Waals surface area (Å²) < 4.78 is 3.66. The fourth-order valence-corrected chi connectivity index (χ4v) is 2.08. The number of hydrogen-bond acceptors (Lipinski definition) is 5. The van der Waals surface area contributed by atoms with Gasteiger partial charge in [0.05, 0.1) is 6.04 Å². The molecule has 2 rings (SSSR count). The Balaban J connectivity index is 2.09. The Morgan fingerprint density at radius 2 is 2.40 bits per heavy atom. The third kappa shape index (κ3) is 3.63. The summed E-state index contributed by atoms with van der Waals surface area (Å²) in [5, 5.41) is 16.9. The number of aliphatic hydroxyl groups is 1. The van der Waals surface area contributed by atoms with Gasteiger partial charge in [-0.2, -0.15) is 0 Å². The predicted molar refractivity (Wildman–Crippen MR) is 76.2 cm³/mol. The summed E-state index contributed by atoms with van der Waals surface area (Å²) in [5.74, 6) is 5.18. The van der Waals surface area contributed by atoms with Crippen LogP contribution in [0.1, 0.15) is 34.6 Å². The van der Waals surface area contributed by atoms with Crippen LogP contribution in [0.5, 0.6) is 0 Å². The average Bonchev–Trinajstić information content (AvgIpc) is 2.99. The highest BCUT2D eigenvalue weighted by atomic mass is 32.1. The molecule has 0 saturated heterocycles. The summed E-state index contributed by atoms with van der Waals surface area (Å²) in [5.41, 5.74) is 2.05. The second-order valence-electron chi connectivity index (χ2n) is 4.07. The zero-order chi connectivity index (χ0) is 14.4. The molecule has 102 valence electrons. The molecule has 0 fully saturated rings. The minimum absolute atomic E-state index is 0.167. The van der Waals surface area contributed by atoms with E-state index in [0.717, 1.165) is 22.7 Å². The Labute approximate surface area is 120 Å². The van der Waals surface area contributed by atoms with E-state index < -0.39 is 0 Å². The van der Waals surface area contributed by atoms with E-state index in [9.17, 15) is 4.79 Å². The lowest BCUT2D eigenvalue weighted by Crippen LogP contribution is -2.26. The van der Waals surface area contributed by atoms with Crippen LogP contribution in [0.2, 0.25) is 0 Å². The molecule has 0 saturated carbocycles. The minimum Gasteiger partial charge on any atom is -0.384 e. The van der Waals surface area contributed by atoms with Crippen molar-refractivity contribution in [2.24, 2.45) is 0 Å². The zero-order valence-corrected chi connectivity index (χ0v) is 11.6. The van der Waals surface area contributed by atoms with E-state index in [1.165, 1.54) is 0 Å². The number of benzene rings is 1. The lowest BCUT2D eigenvalue weighted by atomic mass is 10.1. The number of aromatic nitrogens is 2. The molecule has 1 heterocycles. The van der Waals surface area contributed by atoms with Gasteiger partial charge in [-0.05, 0) is 36.2 Å². The van der Waals surface area contributed by atoms with Gasteiger partial charge in [0.25, 0.3) is 5.91 Å². The Kier molecular flexibility index (Phi) is 4.82. The zero-order valence-electron chi connectivity index (χ0n) is 10.8. The molecule has 1 atom stereocenters. The molecular formula is C14H13N3O2S. The average molecular weight is 287 g/mol. The van der Waals surface area contributed by atoms with Crippen molar-refractivity contribution in [3.05, 3.63) is 46.5 Å². The van der Waals surface area contributed by atoms with Crippen LogP contribution in [0.15, 0.2) is 29.6 Å². The van der Waals surface area contributed by atoms with Crippen molar-refractivity contribution in [2.45, 2.75) is 13.0 Å². The highest BCUT2D eigenvalue weighted by Gasteiger charge is 2.13. The van der Waals surface area contributed by atoms with E-state index in [1.54, 1.807) is 5.38 Å². The maximum Gasteiger partial charge on any atom is 0.273 e. The SMILES string of the molecule is CC(NC(=O)c1csnn1)c1cccc(C#CCO)c1. The van der Waals surface area contributed by atoms with Crippen molar-refractivity contribution < 1.29 is 9.90 Å². The molecule has 20 heavy (non-hydrogen) atoms. The molecule has 1 aromatic heterocycles. The third-order valence-corrected chi connectivity index (χ3v) is 3.14. The smallest absolute Gasteiger partial charge is 0.273 e. The lowest BCUT2D eigenvalue weighted by Gasteiger charge is -2.13. The van der Waals surface area contributed by atoms with Crippen LogP contribution < -0.4 is 5.32 Å². The van der Waals surface area contributed by atoms with E-state index in [2.05, 4.69) is 26.7 Å². The second kappa shape index (κ2) is 6.80. The Morgan fingerprint density at radius 3 is 3.10 bits per heavy atom. The molecule has 1 aromatic carbocycles. The Morgan fingerprint density at radius 1 is 1.55 bits per heavy atom. The summed E-state index contributed by atoms with van der Waals surface area (Å²) in [4.78, 5) is 11.9. The molecule has 0 bridgehead atoms. The molecule has 2 N–H and O–H groups in total. The highest BCUT2D eigenvalue weighted by Crippen LogP contribution is 2.14. The van der Waals surface area contributed by atoms with Crippen molar-refractivity contribution in [2.75, 3.05) is 6.61 Å². The maximum atomic E-state index is 11.9. The van der Waals surface area contributed by atoms with Gasteiger partial charge in [0.2, 0.25) is 0 Å². The largest absolute Gasteiger partial charge is 0.384 e. The van der Waals surface area contributed by atoms with Crippen LogP contribution in [0.4, 0.5) is 0 Å². The first kappa shape index (κ1) is 14.2.